The van der Waals surface area contributed by atoms with E-state index in [0.29, 0.717) is 40.9 Å². The molecule has 30 heavy (non-hydrogen) atoms. The lowest BCUT2D eigenvalue weighted by atomic mass is 9.86. The molecule has 0 atom stereocenters. The van der Waals surface area contributed by atoms with E-state index in [9.17, 15) is 9.59 Å². The minimum Gasteiger partial charge on any atom is -0.493 e. The number of hydrogen-bond donors (Lipinski definition) is 0. The Morgan fingerprint density at radius 2 is 1.87 bits per heavy atom. The fraction of sp³-hybridized carbons (Fsp3) is 0.391. The summed E-state index contributed by atoms with van der Waals surface area (Å²) in [5, 5.41) is 0. The van der Waals surface area contributed by atoms with Crippen molar-refractivity contribution in [1.29, 1.82) is 0 Å². The number of rotatable bonds is 8. The Morgan fingerprint density at radius 3 is 2.57 bits per heavy atom. The Balaban J connectivity index is 1.60. The lowest BCUT2D eigenvalue weighted by Crippen LogP contribution is -2.23. The first kappa shape index (κ1) is 20.1. The number of ether oxygens (including phenoxy) is 5. The quantitative estimate of drug-likeness (QED) is 0.611. The molecule has 1 fully saturated rings. The van der Waals surface area contributed by atoms with Gasteiger partial charge in [-0.25, -0.2) is 9.59 Å². The van der Waals surface area contributed by atoms with Crippen LogP contribution < -0.4 is 14.2 Å². The maximum Gasteiger partial charge on any atom is 0.344 e. The van der Waals surface area contributed by atoms with Gasteiger partial charge in [0, 0.05) is 11.1 Å². The number of esters is 2. The van der Waals surface area contributed by atoms with Crippen LogP contribution >= 0.6 is 0 Å². The van der Waals surface area contributed by atoms with Crippen LogP contribution in [0.4, 0.5) is 0 Å². The fourth-order valence-electron chi connectivity index (χ4n) is 3.61. The molecule has 1 aliphatic heterocycles. The van der Waals surface area contributed by atoms with Crippen LogP contribution in [-0.2, 0) is 20.9 Å². The van der Waals surface area contributed by atoms with E-state index < -0.39 is 5.97 Å². The van der Waals surface area contributed by atoms with Crippen molar-refractivity contribution in [3.63, 3.8) is 0 Å². The summed E-state index contributed by atoms with van der Waals surface area (Å²) >= 11 is 0. The average Bonchev–Trinajstić information content (AvgIpc) is 3.10. The molecule has 1 aliphatic carbocycles. The summed E-state index contributed by atoms with van der Waals surface area (Å²) in [4.78, 5) is 23.9. The van der Waals surface area contributed by atoms with Crippen molar-refractivity contribution >= 4 is 11.9 Å². The van der Waals surface area contributed by atoms with E-state index in [4.69, 9.17) is 23.7 Å². The Hall–Kier alpha value is -3.22. The van der Waals surface area contributed by atoms with Gasteiger partial charge in [0.1, 0.15) is 6.61 Å². The first-order valence-electron chi connectivity index (χ1n) is 9.94. The molecule has 4 rings (SSSR count). The zero-order chi connectivity index (χ0) is 21.1. The molecule has 0 spiro atoms. The molecule has 2 aromatic carbocycles. The second-order valence-corrected chi connectivity index (χ2v) is 7.39. The van der Waals surface area contributed by atoms with Crippen LogP contribution in [0.25, 0.3) is 11.1 Å². The van der Waals surface area contributed by atoms with Gasteiger partial charge in [-0.2, -0.15) is 0 Å². The molecular weight excluding hydrogens is 388 g/mol. The lowest BCUT2D eigenvalue weighted by molar-refractivity contribution is -0.148. The molecular formula is C23H24O7. The highest BCUT2D eigenvalue weighted by Crippen LogP contribution is 2.45. The molecule has 0 unspecified atom stereocenters. The van der Waals surface area contributed by atoms with Gasteiger partial charge >= 0.3 is 11.9 Å². The first-order valence-corrected chi connectivity index (χ1v) is 9.94. The smallest absolute Gasteiger partial charge is 0.344 e. The summed E-state index contributed by atoms with van der Waals surface area (Å²) in [6.45, 7) is 0.428. The first-order chi connectivity index (χ1) is 14.6. The van der Waals surface area contributed by atoms with E-state index >= 15 is 0 Å². The third-order valence-corrected chi connectivity index (χ3v) is 5.53. The number of cyclic esters (lactones) is 1. The number of carbonyl (C=O) groups is 2. The number of benzene rings is 2. The predicted octanol–water partition coefficient (Wildman–Crippen LogP) is 3.76. The van der Waals surface area contributed by atoms with Gasteiger partial charge in [-0.1, -0.05) is 12.5 Å². The third-order valence-electron chi connectivity index (χ3n) is 5.53. The molecule has 0 amide bonds. The maximum absolute atomic E-state index is 12.2. The molecule has 1 heterocycles. The SMILES string of the molecule is COc1ccc(-c2ccc3c(c2)COC3=O)c(OCC(=O)OCC2CCC2)c1OC. The Bertz CT molecular complexity index is 962. The second-order valence-electron chi connectivity index (χ2n) is 7.39. The number of fused-ring (bicyclic) bond motifs is 1. The monoisotopic (exact) mass is 412 g/mol. The highest BCUT2D eigenvalue weighted by Gasteiger charge is 2.24. The highest BCUT2D eigenvalue weighted by atomic mass is 16.6. The highest BCUT2D eigenvalue weighted by molar-refractivity contribution is 5.94. The van der Waals surface area contributed by atoms with Crippen molar-refractivity contribution < 1.29 is 33.3 Å². The van der Waals surface area contributed by atoms with E-state index in [1.54, 1.807) is 12.1 Å². The van der Waals surface area contributed by atoms with Crippen molar-refractivity contribution in [2.75, 3.05) is 27.4 Å². The van der Waals surface area contributed by atoms with E-state index in [2.05, 4.69) is 0 Å². The largest absolute Gasteiger partial charge is 0.493 e. The van der Waals surface area contributed by atoms with Crippen molar-refractivity contribution in [1.82, 2.24) is 0 Å². The van der Waals surface area contributed by atoms with Crippen LogP contribution in [0.3, 0.4) is 0 Å². The van der Waals surface area contributed by atoms with E-state index in [0.717, 1.165) is 24.0 Å². The maximum atomic E-state index is 12.2. The van der Waals surface area contributed by atoms with Crippen molar-refractivity contribution in [3.8, 4) is 28.4 Å². The molecule has 0 aromatic heterocycles. The number of carbonyl (C=O) groups excluding carboxylic acids is 2. The fourth-order valence-corrected chi connectivity index (χ4v) is 3.61. The van der Waals surface area contributed by atoms with Gasteiger partial charge < -0.3 is 23.7 Å². The molecule has 7 nitrogen and oxygen atoms in total. The topological polar surface area (TPSA) is 80.3 Å². The summed E-state index contributed by atoms with van der Waals surface area (Å²) < 4.78 is 27.2. The Kier molecular flexibility index (Phi) is 5.79. The minimum absolute atomic E-state index is 0.235. The van der Waals surface area contributed by atoms with Crippen LogP contribution in [-0.4, -0.2) is 39.4 Å². The molecule has 0 radical (unpaired) electrons. The second kappa shape index (κ2) is 8.65. The predicted molar refractivity (Wildman–Crippen MR) is 108 cm³/mol. The van der Waals surface area contributed by atoms with Gasteiger partial charge in [0.2, 0.25) is 5.75 Å². The zero-order valence-corrected chi connectivity index (χ0v) is 17.1. The lowest BCUT2D eigenvalue weighted by Gasteiger charge is -2.24. The average molecular weight is 412 g/mol. The molecule has 0 bridgehead atoms. The van der Waals surface area contributed by atoms with E-state index in [1.807, 2.05) is 18.2 Å². The van der Waals surface area contributed by atoms with Crippen LogP contribution in [0, 0.1) is 5.92 Å². The van der Waals surface area contributed by atoms with Gasteiger partial charge in [0.05, 0.1) is 26.4 Å². The summed E-state index contributed by atoms with van der Waals surface area (Å²) in [6.07, 6.45) is 3.40. The molecule has 0 saturated heterocycles. The normalized spacial score (nSPS) is 15.1. The molecule has 1 saturated carbocycles. The molecule has 2 aromatic rings. The van der Waals surface area contributed by atoms with Gasteiger partial charge in [0.15, 0.2) is 18.1 Å². The summed E-state index contributed by atoms with van der Waals surface area (Å²) in [7, 11) is 3.05. The van der Waals surface area contributed by atoms with E-state index in [1.165, 1.54) is 20.6 Å². The Morgan fingerprint density at radius 1 is 1.07 bits per heavy atom. The molecule has 158 valence electrons. The summed E-state index contributed by atoms with van der Waals surface area (Å²) in [5.74, 6) is 0.962. The summed E-state index contributed by atoms with van der Waals surface area (Å²) in [6, 6.07) is 9.02. The standard InChI is InChI=1S/C23H24O7/c1-26-19-9-8-17(15-6-7-18-16(10-15)12-30-23(18)25)21(22(19)27-2)29-13-20(24)28-11-14-4-3-5-14/h6-10,14H,3-5,11-13H2,1-2H3. The van der Waals surface area contributed by atoms with Crippen LogP contribution in [0.1, 0.15) is 35.2 Å². The number of methoxy groups -OCH3 is 2. The van der Waals surface area contributed by atoms with Crippen molar-refractivity contribution in [2.45, 2.75) is 25.9 Å². The van der Waals surface area contributed by atoms with Crippen LogP contribution in [0.2, 0.25) is 0 Å². The van der Waals surface area contributed by atoms with Crippen LogP contribution in [0.15, 0.2) is 30.3 Å². The molecule has 2 aliphatic rings. The third kappa shape index (κ3) is 3.92. The van der Waals surface area contributed by atoms with Crippen molar-refractivity contribution in [3.05, 3.63) is 41.5 Å². The zero-order valence-electron chi connectivity index (χ0n) is 17.1. The van der Waals surface area contributed by atoms with Crippen molar-refractivity contribution in [2.24, 2.45) is 5.92 Å². The van der Waals surface area contributed by atoms with Gasteiger partial charge in [-0.05, 0) is 48.6 Å². The van der Waals surface area contributed by atoms with Gasteiger partial charge in [-0.15, -0.1) is 0 Å². The van der Waals surface area contributed by atoms with E-state index in [-0.39, 0.29) is 19.2 Å². The number of hydrogen-bond acceptors (Lipinski definition) is 7. The van der Waals surface area contributed by atoms with Crippen LogP contribution in [0.5, 0.6) is 17.2 Å². The summed E-state index contributed by atoms with van der Waals surface area (Å²) in [5.41, 5.74) is 2.88. The van der Waals surface area contributed by atoms with Gasteiger partial charge in [-0.3, -0.25) is 0 Å². The minimum atomic E-state index is -0.425. The molecule has 0 N–H and O–H groups in total. The Labute approximate surface area is 174 Å². The van der Waals surface area contributed by atoms with Gasteiger partial charge in [0.25, 0.3) is 0 Å². The molecule has 7 heteroatoms.